The molecule has 0 amide bonds. The third-order valence-electron chi connectivity index (χ3n) is 4.07. The number of hydrogen-bond donors (Lipinski definition) is 0. The Morgan fingerprint density at radius 2 is 2.30 bits per heavy atom. The summed E-state index contributed by atoms with van der Waals surface area (Å²) >= 11 is 9.63. The molecule has 0 bridgehead atoms. The van der Waals surface area contributed by atoms with Gasteiger partial charge < -0.3 is 9.47 Å². The van der Waals surface area contributed by atoms with Crippen LogP contribution >= 0.6 is 27.5 Å². The number of halogens is 2. The Hall–Kier alpha value is -0.580. The number of nitrogens with zero attached hydrogens (tertiary/aromatic N) is 3. The van der Waals surface area contributed by atoms with Crippen LogP contribution in [0.3, 0.4) is 0 Å². The second-order valence-corrected chi connectivity index (χ2v) is 6.86. The molecular formula is C15H19BrClN3. The number of alkyl halides is 1. The van der Waals surface area contributed by atoms with Gasteiger partial charge in [-0.3, -0.25) is 0 Å². The van der Waals surface area contributed by atoms with E-state index in [0.717, 1.165) is 28.9 Å². The zero-order valence-electron chi connectivity index (χ0n) is 11.6. The summed E-state index contributed by atoms with van der Waals surface area (Å²) in [7, 11) is 2.21. The molecule has 1 saturated heterocycles. The van der Waals surface area contributed by atoms with E-state index in [2.05, 4.69) is 49.6 Å². The van der Waals surface area contributed by atoms with E-state index >= 15 is 0 Å². The Labute approximate surface area is 133 Å². The molecule has 3 nitrogen and oxygen atoms in total. The van der Waals surface area contributed by atoms with Crippen molar-refractivity contribution in [3.63, 3.8) is 0 Å². The lowest BCUT2D eigenvalue weighted by Crippen LogP contribution is -2.34. The van der Waals surface area contributed by atoms with Gasteiger partial charge in [-0.1, -0.05) is 15.9 Å². The second kappa shape index (κ2) is 6.04. The summed E-state index contributed by atoms with van der Waals surface area (Å²) in [6.07, 6.45) is 2.58. The fourth-order valence-electron chi connectivity index (χ4n) is 3.13. The highest BCUT2D eigenvalue weighted by atomic mass is 79.9. The summed E-state index contributed by atoms with van der Waals surface area (Å²) in [5.74, 6) is 2.13. The van der Waals surface area contributed by atoms with Crippen LogP contribution in [0.4, 0.5) is 0 Å². The van der Waals surface area contributed by atoms with Gasteiger partial charge in [0.05, 0.1) is 16.9 Å². The third kappa shape index (κ3) is 2.87. The molecule has 0 saturated carbocycles. The lowest BCUT2D eigenvalue weighted by atomic mass is 9.98. The Balaban J connectivity index is 1.94. The molecule has 5 heteroatoms. The quantitative estimate of drug-likeness (QED) is 0.778. The number of imidazole rings is 1. The third-order valence-corrected chi connectivity index (χ3v) is 4.80. The van der Waals surface area contributed by atoms with Crippen molar-refractivity contribution >= 4 is 38.6 Å². The van der Waals surface area contributed by atoms with Crippen LogP contribution in [0.1, 0.15) is 18.7 Å². The van der Waals surface area contributed by atoms with Gasteiger partial charge >= 0.3 is 0 Å². The molecule has 20 heavy (non-hydrogen) atoms. The standard InChI is InChI=1S/C15H19BrClN3/c1-19-6-2-3-11(9-19)10-20-14-7-12(16)4-5-13(14)18-15(20)8-17/h4-5,7,11H,2-3,6,8-10H2,1H3. The van der Waals surface area contributed by atoms with E-state index in [4.69, 9.17) is 11.6 Å². The molecule has 1 unspecified atom stereocenters. The van der Waals surface area contributed by atoms with E-state index in [9.17, 15) is 0 Å². The molecule has 0 spiro atoms. The Kier molecular flexibility index (Phi) is 4.34. The fourth-order valence-corrected chi connectivity index (χ4v) is 3.68. The minimum absolute atomic E-state index is 0.467. The Bertz CT molecular complexity index is 610. The molecule has 0 N–H and O–H groups in total. The zero-order valence-corrected chi connectivity index (χ0v) is 14.0. The molecule has 3 rings (SSSR count). The average molecular weight is 357 g/mol. The van der Waals surface area contributed by atoms with Crippen LogP contribution in [0.5, 0.6) is 0 Å². The molecule has 1 aliphatic rings. The van der Waals surface area contributed by atoms with Crippen molar-refractivity contribution in [2.45, 2.75) is 25.3 Å². The van der Waals surface area contributed by atoms with Crippen LogP contribution in [0.15, 0.2) is 22.7 Å². The van der Waals surface area contributed by atoms with Crippen molar-refractivity contribution in [1.29, 1.82) is 0 Å². The summed E-state index contributed by atoms with van der Waals surface area (Å²) in [5, 5.41) is 0. The topological polar surface area (TPSA) is 21.1 Å². The molecule has 2 heterocycles. The van der Waals surface area contributed by atoms with Crippen LogP contribution in [-0.4, -0.2) is 34.6 Å². The van der Waals surface area contributed by atoms with Crippen LogP contribution in [0.2, 0.25) is 0 Å². The zero-order chi connectivity index (χ0) is 14.1. The highest BCUT2D eigenvalue weighted by Crippen LogP contribution is 2.25. The van der Waals surface area contributed by atoms with Gasteiger partial charge in [-0.2, -0.15) is 0 Å². The fraction of sp³-hybridized carbons (Fsp3) is 0.533. The van der Waals surface area contributed by atoms with Crippen LogP contribution in [0, 0.1) is 5.92 Å². The van der Waals surface area contributed by atoms with Gasteiger partial charge in [0.1, 0.15) is 5.82 Å². The van der Waals surface area contributed by atoms with Gasteiger partial charge in [-0.05, 0) is 50.6 Å². The van der Waals surface area contributed by atoms with E-state index in [1.54, 1.807) is 0 Å². The van der Waals surface area contributed by atoms with Gasteiger partial charge in [-0.25, -0.2) is 4.98 Å². The molecule has 1 atom stereocenters. The molecular weight excluding hydrogens is 338 g/mol. The summed E-state index contributed by atoms with van der Waals surface area (Å²) in [6, 6.07) is 6.23. The Morgan fingerprint density at radius 3 is 3.05 bits per heavy atom. The molecule has 1 aromatic carbocycles. The van der Waals surface area contributed by atoms with E-state index in [0.29, 0.717) is 11.8 Å². The van der Waals surface area contributed by atoms with Crippen LogP contribution < -0.4 is 0 Å². The van der Waals surface area contributed by atoms with Crippen LogP contribution in [-0.2, 0) is 12.4 Å². The van der Waals surface area contributed by atoms with Crippen molar-refractivity contribution in [3.8, 4) is 0 Å². The first-order valence-corrected chi connectivity index (χ1v) is 8.39. The van der Waals surface area contributed by atoms with E-state index in [-0.39, 0.29) is 0 Å². The number of piperidine rings is 1. The second-order valence-electron chi connectivity index (χ2n) is 5.68. The molecule has 108 valence electrons. The first-order chi connectivity index (χ1) is 9.67. The minimum Gasteiger partial charge on any atom is -0.327 e. The van der Waals surface area contributed by atoms with E-state index in [1.807, 2.05) is 6.07 Å². The number of benzene rings is 1. The molecule has 1 aromatic heterocycles. The summed E-state index contributed by atoms with van der Waals surface area (Å²) in [5.41, 5.74) is 2.22. The first-order valence-electron chi connectivity index (χ1n) is 7.06. The number of rotatable bonds is 3. The monoisotopic (exact) mass is 355 g/mol. The van der Waals surface area contributed by atoms with Gasteiger partial charge in [0.15, 0.2) is 0 Å². The number of fused-ring (bicyclic) bond motifs is 1. The number of hydrogen-bond acceptors (Lipinski definition) is 2. The minimum atomic E-state index is 0.467. The molecule has 0 radical (unpaired) electrons. The average Bonchev–Trinajstić information content (AvgIpc) is 2.76. The lowest BCUT2D eigenvalue weighted by molar-refractivity contribution is 0.195. The van der Waals surface area contributed by atoms with Crippen molar-refractivity contribution in [2.75, 3.05) is 20.1 Å². The smallest absolute Gasteiger partial charge is 0.124 e. The van der Waals surface area contributed by atoms with E-state index in [1.165, 1.54) is 24.9 Å². The highest BCUT2D eigenvalue weighted by molar-refractivity contribution is 9.10. The van der Waals surface area contributed by atoms with Gasteiger partial charge in [0.25, 0.3) is 0 Å². The summed E-state index contributed by atoms with van der Waals surface area (Å²) in [6.45, 7) is 3.39. The maximum atomic E-state index is 6.08. The van der Waals surface area contributed by atoms with Gasteiger partial charge in [0.2, 0.25) is 0 Å². The first kappa shape index (κ1) is 14.4. The van der Waals surface area contributed by atoms with E-state index < -0.39 is 0 Å². The molecule has 2 aromatic rings. The summed E-state index contributed by atoms with van der Waals surface area (Å²) < 4.78 is 3.39. The maximum absolute atomic E-state index is 6.08. The lowest BCUT2D eigenvalue weighted by Gasteiger charge is -2.30. The SMILES string of the molecule is CN1CCCC(Cn2c(CCl)nc3ccc(Br)cc32)C1. The predicted molar refractivity (Wildman–Crippen MR) is 87.2 cm³/mol. The van der Waals surface area contributed by atoms with Crippen LogP contribution in [0.25, 0.3) is 11.0 Å². The number of likely N-dealkylation sites (tertiary alicyclic amines) is 1. The van der Waals surface area contributed by atoms with Crippen molar-refractivity contribution < 1.29 is 0 Å². The Morgan fingerprint density at radius 1 is 1.45 bits per heavy atom. The predicted octanol–water partition coefficient (Wildman–Crippen LogP) is 3.88. The van der Waals surface area contributed by atoms with Gasteiger partial charge in [0, 0.05) is 17.6 Å². The summed E-state index contributed by atoms with van der Waals surface area (Å²) in [4.78, 5) is 7.07. The molecule has 1 fully saturated rings. The van der Waals surface area contributed by atoms with Crippen molar-refractivity contribution in [3.05, 3.63) is 28.5 Å². The molecule has 1 aliphatic heterocycles. The normalized spacial score (nSPS) is 20.6. The largest absolute Gasteiger partial charge is 0.327 e. The van der Waals surface area contributed by atoms with Crippen molar-refractivity contribution in [1.82, 2.24) is 14.5 Å². The number of aromatic nitrogens is 2. The molecule has 0 aliphatic carbocycles. The van der Waals surface area contributed by atoms with Crippen molar-refractivity contribution in [2.24, 2.45) is 5.92 Å². The highest BCUT2D eigenvalue weighted by Gasteiger charge is 2.20. The maximum Gasteiger partial charge on any atom is 0.124 e. The van der Waals surface area contributed by atoms with Gasteiger partial charge in [-0.15, -0.1) is 11.6 Å².